The van der Waals surface area contributed by atoms with Gasteiger partial charge >= 0.3 is 0 Å². The van der Waals surface area contributed by atoms with E-state index in [0.717, 1.165) is 47.4 Å². The first kappa shape index (κ1) is 20.8. The summed E-state index contributed by atoms with van der Waals surface area (Å²) in [7, 11) is 0. The molecule has 2 saturated heterocycles. The van der Waals surface area contributed by atoms with Crippen molar-refractivity contribution in [1.29, 1.82) is 0 Å². The van der Waals surface area contributed by atoms with Crippen LogP contribution in [0.25, 0.3) is 0 Å². The second-order valence-electron chi connectivity index (χ2n) is 9.47. The Morgan fingerprint density at radius 3 is 1.44 bits per heavy atom. The molecule has 0 N–H and O–H groups in total. The van der Waals surface area contributed by atoms with Gasteiger partial charge in [-0.25, -0.2) is 0 Å². The molecule has 3 heteroatoms. The lowest BCUT2D eigenvalue weighted by molar-refractivity contribution is -0.926. The summed E-state index contributed by atoms with van der Waals surface area (Å²) in [6, 6.07) is 29.5. The van der Waals surface area contributed by atoms with Crippen molar-refractivity contribution >= 4 is 11.6 Å². The first-order chi connectivity index (χ1) is 15.7. The van der Waals surface area contributed by atoms with Gasteiger partial charge in [-0.05, 0) is 5.56 Å². The number of ketones is 2. The molecule has 0 saturated carbocycles. The van der Waals surface area contributed by atoms with Crippen LogP contribution in [0.5, 0.6) is 0 Å². The van der Waals surface area contributed by atoms with Crippen molar-refractivity contribution in [1.82, 2.24) is 0 Å². The number of rotatable bonds is 5. The van der Waals surface area contributed by atoms with Crippen LogP contribution >= 0.6 is 0 Å². The molecule has 0 bridgehead atoms. The highest BCUT2D eigenvalue weighted by Crippen LogP contribution is 2.44. The molecule has 3 aromatic rings. The average Bonchev–Trinajstić information content (AvgIpc) is 3.31. The molecule has 32 heavy (non-hydrogen) atoms. The number of hydrogen-bond donors (Lipinski definition) is 0. The number of benzene rings is 3. The van der Waals surface area contributed by atoms with Crippen LogP contribution in [0.3, 0.4) is 0 Å². The quantitative estimate of drug-likeness (QED) is 0.406. The standard InChI is InChI=1S/C29H30NO2/c31-28(23-14-6-2-7-15-23)25-20-30(18-10-11-19-30)21-26(27(25)22-12-4-1-5-13-22)29(32)24-16-8-3-9-17-24/h1-9,12-17,25-27H,10-11,18-21H2/q+1. The smallest absolute Gasteiger partial charge is 0.172 e. The van der Waals surface area contributed by atoms with Gasteiger partial charge < -0.3 is 4.48 Å². The van der Waals surface area contributed by atoms with E-state index in [2.05, 4.69) is 12.1 Å². The average molecular weight is 425 g/mol. The van der Waals surface area contributed by atoms with Crippen molar-refractivity contribution in [2.45, 2.75) is 18.8 Å². The summed E-state index contributed by atoms with van der Waals surface area (Å²) in [5.74, 6) is -0.168. The molecule has 5 rings (SSSR count). The van der Waals surface area contributed by atoms with E-state index in [1.54, 1.807) is 0 Å². The first-order valence-corrected chi connectivity index (χ1v) is 11.8. The number of carbonyl (C=O) groups excluding carboxylic acids is 2. The molecule has 2 atom stereocenters. The molecule has 0 amide bonds. The van der Waals surface area contributed by atoms with Gasteiger partial charge in [-0.2, -0.15) is 0 Å². The van der Waals surface area contributed by atoms with E-state index < -0.39 is 0 Å². The normalized spacial score (nSPS) is 24.3. The van der Waals surface area contributed by atoms with E-state index in [1.165, 1.54) is 12.8 Å². The van der Waals surface area contributed by atoms with Crippen LogP contribution in [0.15, 0.2) is 91.0 Å². The number of piperidine rings is 1. The minimum absolute atomic E-state index is 0.110. The molecule has 2 unspecified atom stereocenters. The Morgan fingerprint density at radius 1 is 0.594 bits per heavy atom. The molecule has 2 aliphatic rings. The zero-order chi connectivity index (χ0) is 22.0. The van der Waals surface area contributed by atoms with Crippen LogP contribution in [-0.4, -0.2) is 42.2 Å². The fourth-order valence-electron chi connectivity index (χ4n) is 6.05. The zero-order valence-electron chi connectivity index (χ0n) is 18.4. The summed E-state index contributed by atoms with van der Waals surface area (Å²) >= 11 is 0. The van der Waals surface area contributed by atoms with Crippen LogP contribution in [0.2, 0.25) is 0 Å². The maximum absolute atomic E-state index is 13.9. The van der Waals surface area contributed by atoms with Crippen LogP contribution in [0.4, 0.5) is 0 Å². The fourth-order valence-corrected chi connectivity index (χ4v) is 6.05. The van der Waals surface area contributed by atoms with Gasteiger partial charge in [-0.3, -0.25) is 9.59 Å². The van der Waals surface area contributed by atoms with Crippen molar-refractivity contribution in [3.63, 3.8) is 0 Å². The maximum atomic E-state index is 13.9. The molecule has 162 valence electrons. The van der Waals surface area contributed by atoms with E-state index in [9.17, 15) is 9.59 Å². The molecule has 2 fully saturated rings. The lowest BCUT2D eigenvalue weighted by atomic mass is 9.68. The highest BCUT2D eigenvalue weighted by atomic mass is 16.1. The first-order valence-electron chi connectivity index (χ1n) is 11.8. The highest BCUT2D eigenvalue weighted by molar-refractivity contribution is 6.02. The largest absolute Gasteiger partial charge is 0.322 e. The van der Waals surface area contributed by atoms with E-state index in [0.29, 0.717) is 0 Å². The lowest BCUT2D eigenvalue weighted by Gasteiger charge is -2.48. The van der Waals surface area contributed by atoms with Gasteiger partial charge in [0.25, 0.3) is 0 Å². The second kappa shape index (κ2) is 8.84. The summed E-state index contributed by atoms with van der Waals surface area (Å²) in [5, 5.41) is 0. The summed E-state index contributed by atoms with van der Waals surface area (Å²) in [6.07, 6.45) is 2.35. The zero-order valence-corrected chi connectivity index (χ0v) is 18.4. The number of Topliss-reactive ketones (excluding diaryl/α,β-unsaturated/α-hetero) is 2. The Labute approximate surface area is 190 Å². The summed E-state index contributed by atoms with van der Waals surface area (Å²) < 4.78 is 0.899. The van der Waals surface area contributed by atoms with Gasteiger partial charge in [0.2, 0.25) is 0 Å². The van der Waals surface area contributed by atoms with Crippen molar-refractivity contribution in [3.05, 3.63) is 108 Å². The molecular weight excluding hydrogens is 394 g/mol. The van der Waals surface area contributed by atoms with Crippen LogP contribution in [0, 0.1) is 11.8 Å². The number of nitrogens with zero attached hydrogens (tertiary/aromatic N) is 1. The third-order valence-electron chi connectivity index (χ3n) is 7.52. The molecule has 3 nitrogen and oxygen atoms in total. The van der Waals surface area contributed by atoms with Crippen LogP contribution < -0.4 is 0 Å². The molecule has 0 aromatic heterocycles. The molecule has 1 spiro atoms. The van der Waals surface area contributed by atoms with Gasteiger partial charge in [0.1, 0.15) is 0 Å². The van der Waals surface area contributed by atoms with Crippen LogP contribution in [-0.2, 0) is 0 Å². The van der Waals surface area contributed by atoms with E-state index in [1.807, 2.05) is 78.9 Å². The van der Waals surface area contributed by atoms with Gasteiger partial charge in [0.05, 0.1) is 38.0 Å². The van der Waals surface area contributed by atoms with Crippen molar-refractivity contribution in [3.8, 4) is 0 Å². The molecular formula is C29H30NO2+. The minimum atomic E-state index is -0.204. The van der Waals surface area contributed by atoms with Crippen molar-refractivity contribution in [2.75, 3.05) is 26.2 Å². The third-order valence-corrected chi connectivity index (χ3v) is 7.52. The van der Waals surface area contributed by atoms with Gasteiger partial charge in [-0.1, -0.05) is 91.0 Å². The Morgan fingerprint density at radius 2 is 1.00 bits per heavy atom. The Balaban J connectivity index is 1.62. The van der Waals surface area contributed by atoms with E-state index in [-0.39, 0.29) is 29.3 Å². The number of carbonyl (C=O) groups is 2. The fraction of sp³-hybridized carbons (Fsp3) is 0.310. The number of hydrogen-bond acceptors (Lipinski definition) is 2. The molecule has 2 aliphatic heterocycles. The van der Waals surface area contributed by atoms with Crippen molar-refractivity contribution < 1.29 is 14.1 Å². The predicted octanol–water partition coefficient (Wildman–Crippen LogP) is 5.39. The molecule has 0 aliphatic carbocycles. The van der Waals surface area contributed by atoms with Crippen LogP contribution in [0.1, 0.15) is 45.0 Å². The molecule has 0 radical (unpaired) electrons. The van der Waals surface area contributed by atoms with Gasteiger partial charge in [-0.15, -0.1) is 0 Å². The van der Waals surface area contributed by atoms with E-state index in [4.69, 9.17) is 0 Å². The van der Waals surface area contributed by atoms with E-state index >= 15 is 0 Å². The van der Waals surface area contributed by atoms with Crippen molar-refractivity contribution in [2.24, 2.45) is 11.8 Å². The Hall–Kier alpha value is -3.04. The topological polar surface area (TPSA) is 34.1 Å². The van der Waals surface area contributed by atoms with Gasteiger partial charge in [0.15, 0.2) is 11.6 Å². The summed E-state index contributed by atoms with van der Waals surface area (Å²) in [4.78, 5) is 27.8. The number of quaternary nitrogens is 1. The minimum Gasteiger partial charge on any atom is -0.322 e. The Bertz CT molecular complexity index is 1010. The molecule has 2 heterocycles. The van der Waals surface area contributed by atoms with Gasteiger partial charge in [0, 0.05) is 29.9 Å². The lowest BCUT2D eigenvalue weighted by Crippen LogP contribution is -2.60. The Kier molecular flexibility index (Phi) is 5.75. The predicted molar refractivity (Wildman–Crippen MR) is 127 cm³/mol. The molecule has 3 aromatic carbocycles. The second-order valence-corrected chi connectivity index (χ2v) is 9.47. The maximum Gasteiger partial charge on any atom is 0.172 e. The summed E-state index contributed by atoms with van der Waals surface area (Å²) in [5.41, 5.74) is 2.61. The third kappa shape index (κ3) is 3.93. The monoisotopic (exact) mass is 424 g/mol. The SMILES string of the molecule is O=C(c1ccccc1)C1C[N+]2(CCCC2)CC(C(=O)c2ccccc2)C1c1ccccc1. The highest BCUT2D eigenvalue weighted by Gasteiger charge is 2.52. The summed E-state index contributed by atoms with van der Waals surface area (Å²) in [6.45, 7) is 3.79.